The number of likely N-dealkylation sites (tertiary alicyclic amines) is 2. The highest BCUT2D eigenvalue weighted by atomic mass is 35.5. The maximum absolute atomic E-state index is 12.4. The normalized spacial score (nSPS) is 23.1. The van der Waals surface area contributed by atoms with Crippen molar-refractivity contribution in [3.05, 3.63) is 45.6 Å². The molecule has 1 aromatic carbocycles. The van der Waals surface area contributed by atoms with Gasteiger partial charge in [-0.3, -0.25) is 14.5 Å². The predicted molar refractivity (Wildman–Crippen MR) is 153 cm³/mol. The van der Waals surface area contributed by atoms with Crippen LogP contribution in [-0.4, -0.2) is 82.1 Å². The number of hydrogen-bond donors (Lipinski definition) is 2. The third-order valence-electron chi connectivity index (χ3n) is 8.37. The molecule has 3 saturated heterocycles. The molecule has 2 aromatic rings. The second-order valence-electron chi connectivity index (χ2n) is 11.0. The first-order valence-electron chi connectivity index (χ1n) is 13.8. The molecule has 210 valence electrons. The average molecular weight is 576 g/mol. The average Bonchev–Trinajstić information content (AvgIpc) is 3.28. The zero-order chi connectivity index (χ0) is 27.7. The van der Waals surface area contributed by atoms with E-state index in [2.05, 4.69) is 20.1 Å². The van der Waals surface area contributed by atoms with E-state index in [0.717, 1.165) is 43.5 Å². The first kappa shape index (κ1) is 27.9. The fraction of sp³-hybridized carbons (Fsp3) is 0.571. The molecule has 0 radical (unpaired) electrons. The minimum absolute atomic E-state index is 0.0513. The highest BCUT2D eigenvalue weighted by Gasteiger charge is 2.45. The van der Waals surface area contributed by atoms with Crippen LogP contribution in [0, 0.1) is 18.8 Å². The number of benzene rings is 1. The van der Waals surface area contributed by atoms with Crippen LogP contribution in [0.15, 0.2) is 24.4 Å². The lowest BCUT2D eigenvalue weighted by Crippen LogP contribution is -2.60. The number of amides is 1. The summed E-state index contributed by atoms with van der Waals surface area (Å²) in [5, 5.41) is 14.6. The monoisotopic (exact) mass is 574 g/mol. The first-order chi connectivity index (χ1) is 18.7. The summed E-state index contributed by atoms with van der Waals surface area (Å²) in [5.41, 5.74) is 2.05. The Labute approximate surface area is 239 Å². The Morgan fingerprint density at radius 3 is 2.67 bits per heavy atom. The summed E-state index contributed by atoms with van der Waals surface area (Å²) < 4.78 is 0. The summed E-state index contributed by atoms with van der Waals surface area (Å²) in [6.45, 7) is 8.16. The van der Waals surface area contributed by atoms with Crippen LogP contribution in [-0.2, 0) is 9.59 Å². The fourth-order valence-electron chi connectivity index (χ4n) is 6.20. The number of aliphatic carboxylic acids is 1. The van der Waals surface area contributed by atoms with Crippen molar-refractivity contribution in [2.75, 3.05) is 49.5 Å². The number of anilines is 2. The van der Waals surface area contributed by atoms with Crippen LogP contribution in [0.5, 0.6) is 0 Å². The molecule has 2 unspecified atom stereocenters. The number of rotatable bonds is 9. The molecule has 0 saturated carbocycles. The molecule has 11 heteroatoms. The molecule has 3 fully saturated rings. The molecule has 9 nitrogen and oxygen atoms in total. The number of nitrogens with zero attached hydrogens (tertiary/aromatic N) is 5. The van der Waals surface area contributed by atoms with E-state index in [4.69, 9.17) is 28.2 Å². The van der Waals surface area contributed by atoms with Crippen LogP contribution in [0.3, 0.4) is 0 Å². The number of piperidine rings is 1. The summed E-state index contributed by atoms with van der Waals surface area (Å²) in [6.07, 6.45) is 4.95. The predicted octanol–water partition coefficient (Wildman–Crippen LogP) is 4.49. The van der Waals surface area contributed by atoms with Crippen molar-refractivity contribution < 1.29 is 14.7 Å². The van der Waals surface area contributed by atoms with Crippen molar-refractivity contribution in [1.29, 1.82) is 0 Å². The van der Waals surface area contributed by atoms with Crippen molar-refractivity contribution in [2.24, 2.45) is 11.8 Å². The number of halogens is 2. The minimum atomic E-state index is -0.774. The molecule has 5 rings (SSSR count). The lowest BCUT2D eigenvalue weighted by atomic mass is 9.75. The van der Waals surface area contributed by atoms with Gasteiger partial charge in [0.05, 0.1) is 12.2 Å². The summed E-state index contributed by atoms with van der Waals surface area (Å²) in [5.74, 6) is 0.811. The lowest BCUT2D eigenvalue weighted by molar-refractivity contribution is -0.149. The van der Waals surface area contributed by atoms with Gasteiger partial charge in [0.2, 0.25) is 11.9 Å². The van der Waals surface area contributed by atoms with E-state index in [9.17, 15) is 14.7 Å². The summed E-state index contributed by atoms with van der Waals surface area (Å²) in [4.78, 5) is 39.6. The third-order valence-corrected chi connectivity index (χ3v) is 8.97. The molecule has 4 heterocycles. The SMILES string of the molecule is Cc1ccc([C@@H](C)Nc2nc(N3CC(C4CCCN(CCN5CCCC5=O)C4C(=O)O)C3)ncc2Cl)c(Cl)c1. The van der Waals surface area contributed by atoms with Crippen LogP contribution in [0.1, 0.15) is 49.8 Å². The van der Waals surface area contributed by atoms with E-state index in [-0.39, 0.29) is 23.8 Å². The summed E-state index contributed by atoms with van der Waals surface area (Å²) in [7, 11) is 0. The van der Waals surface area contributed by atoms with E-state index in [1.807, 2.05) is 36.9 Å². The smallest absolute Gasteiger partial charge is 0.321 e. The largest absolute Gasteiger partial charge is 0.480 e. The summed E-state index contributed by atoms with van der Waals surface area (Å²) in [6, 6.07) is 5.32. The van der Waals surface area contributed by atoms with Gasteiger partial charge in [-0.1, -0.05) is 35.3 Å². The van der Waals surface area contributed by atoms with Crippen LogP contribution in [0.2, 0.25) is 10.0 Å². The van der Waals surface area contributed by atoms with Gasteiger partial charge in [-0.25, -0.2) is 4.98 Å². The number of aromatic nitrogens is 2. The van der Waals surface area contributed by atoms with Gasteiger partial charge in [-0.2, -0.15) is 4.98 Å². The van der Waals surface area contributed by atoms with Gasteiger partial charge < -0.3 is 20.2 Å². The van der Waals surface area contributed by atoms with E-state index in [1.165, 1.54) is 0 Å². The zero-order valence-corrected chi connectivity index (χ0v) is 24.0. The van der Waals surface area contributed by atoms with Crippen molar-refractivity contribution in [3.8, 4) is 0 Å². The number of nitrogens with one attached hydrogen (secondary N) is 1. The number of carboxylic acids is 1. The lowest BCUT2D eigenvalue weighted by Gasteiger charge is -2.49. The number of hydrogen-bond acceptors (Lipinski definition) is 7. The Bertz CT molecular complexity index is 1220. The fourth-order valence-corrected chi connectivity index (χ4v) is 6.74. The van der Waals surface area contributed by atoms with Gasteiger partial charge in [0.15, 0.2) is 5.82 Å². The van der Waals surface area contributed by atoms with Crippen molar-refractivity contribution >= 4 is 46.8 Å². The molecular formula is C28H36Cl2N6O3. The van der Waals surface area contributed by atoms with Crippen LogP contribution in [0.4, 0.5) is 11.8 Å². The topological polar surface area (TPSA) is 102 Å². The highest BCUT2D eigenvalue weighted by Crippen LogP contribution is 2.37. The van der Waals surface area contributed by atoms with Crippen molar-refractivity contribution in [2.45, 2.75) is 51.6 Å². The molecule has 1 amide bonds. The van der Waals surface area contributed by atoms with E-state index in [1.54, 1.807) is 6.20 Å². The molecule has 39 heavy (non-hydrogen) atoms. The zero-order valence-electron chi connectivity index (χ0n) is 22.4. The maximum Gasteiger partial charge on any atom is 0.321 e. The Morgan fingerprint density at radius 2 is 1.97 bits per heavy atom. The number of carbonyl (C=O) groups is 2. The number of carbonyl (C=O) groups excluding carboxylic acids is 1. The van der Waals surface area contributed by atoms with Gasteiger partial charge in [0, 0.05) is 44.2 Å². The molecule has 0 spiro atoms. The van der Waals surface area contributed by atoms with Crippen LogP contribution < -0.4 is 10.2 Å². The molecule has 3 atom stereocenters. The van der Waals surface area contributed by atoms with E-state index in [0.29, 0.717) is 54.4 Å². The molecular weight excluding hydrogens is 539 g/mol. The van der Waals surface area contributed by atoms with Gasteiger partial charge in [0.1, 0.15) is 11.1 Å². The standard InChI is InChI=1S/C28H36Cl2N6O3/c1-17-7-8-20(22(29)13-17)18(2)32-26-23(30)14-31-28(33-26)36-15-19(16-36)21-5-3-10-35(25(21)27(38)39)12-11-34-9-4-6-24(34)37/h7-8,13-14,18-19,21,25H,3-6,9-12,15-16H2,1-2H3,(H,38,39)(H,31,32,33)/t18-,21?,25?/m1/s1. The van der Waals surface area contributed by atoms with E-state index < -0.39 is 12.0 Å². The number of aryl methyl sites for hydroxylation is 1. The Hall–Kier alpha value is -2.62. The Balaban J connectivity index is 1.22. The molecule has 3 aliphatic heterocycles. The maximum atomic E-state index is 12.4. The Kier molecular flexibility index (Phi) is 8.49. The second kappa shape index (κ2) is 11.9. The third kappa shape index (κ3) is 6.10. The first-order valence-corrected chi connectivity index (χ1v) is 14.5. The second-order valence-corrected chi connectivity index (χ2v) is 11.8. The van der Waals surface area contributed by atoms with Crippen molar-refractivity contribution in [1.82, 2.24) is 19.8 Å². The van der Waals surface area contributed by atoms with E-state index >= 15 is 0 Å². The number of carboxylic acid groups (broad SMARTS) is 1. The summed E-state index contributed by atoms with van der Waals surface area (Å²) >= 11 is 12.9. The van der Waals surface area contributed by atoms with Crippen LogP contribution in [0.25, 0.3) is 0 Å². The quantitative estimate of drug-likeness (QED) is 0.451. The van der Waals surface area contributed by atoms with Gasteiger partial charge in [-0.05, 0) is 68.7 Å². The van der Waals surface area contributed by atoms with Gasteiger partial charge in [0.25, 0.3) is 0 Å². The molecule has 0 bridgehead atoms. The molecule has 1 aromatic heterocycles. The van der Waals surface area contributed by atoms with Crippen LogP contribution >= 0.6 is 23.2 Å². The highest BCUT2D eigenvalue weighted by molar-refractivity contribution is 6.33. The molecule has 3 aliphatic rings. The van der Waals surface area contributed by atoms with Gasteiger partial charge >= 0.3 is 5.97 Å². The Morgan fingerprint density at radius 1 is 1.18 bits per heavy atom. The molecule has 2 N–H and O–H groups in total. The van der Waals surface area contributed by atoms with Gasteiger partial charge in [-0.15, -0.1) is 0 Å². The molecule has 0 aliphatic carbocycles. The van der Waals surface area contributed by atoms with Crippen molar-refractivity contribution in [3.63, 3.8) is 0 Å². The minimum Gasteiger partial charge on any atom is -0.480 e.